The number of rotatable bonds is 11. The van der Waals surface area contributed by atoms with Gasteiger partial charge in [0.05, 0.1) is 0 Å². The summed E-state index contributed by atoms with van der Waals surface area (Å²) in [5.74, 6) is 0.910. The van der Waals surface area contributed by atoms with Crippen molar-refractivity contribution in [2.75, 3.05) is 46.8 Å². The largest absolute Gasteiger partial charge is 0.355 e. The molecule has 0 aromatic rings. The van der Waals surface area contributed by atoms with Crippen LogP contribution in [0.3, 0.4) is 0 Å². The maximum Gasteiger partial charge on any atom is 0.191 e. The first-order valence-corrected chi connectivity index (χ1v) is 8.84. The van der Waals surface area contributed by atoms with Crippen LogP contribution in [0.4, 0.5) is 0 Å². The van der Waals surface area contributed by atoms with Crippen LogP contribution in [0.25, 0.3) is 0 Å². The lowest BCUT2D eigenvalue weighted by molar-refractivity contribution is 0.277. The standard InChI is InChI=1S/C17H39N5/c1-8-22(9-2)13-10-11-16(5)20-17(18-6)19-12-14-21(7)15(3)4/h15-16H,8-14H2,1-7H3,(H2,18,19,20). The molecule has 0 spiro atoms. The number of guanidine groups is 1. The van der Waals surface area contributed by atoms with Crippen LogP contribution in [-0.4, -0.2) is 74.7 Å². The van der Waals surface area contributed by atoms with Gasteiger partial charge in [-0.3, -0.25) is 4.99 Å². The molecule has 1 atom stereocenters. The molecule has 0 aromatic carbocycles. The lowest BCUT2D eigenvalue weighted by Gasteiger charge is -2.23. The van der Waals surface area contributed by atoms with Crippen molar-refractivity contribution in [1.82, 2.24) is 20.4 Å². The summed E-state index contributed by atoms with van der Waals surface area (Å²) in [6.45, 7) is 16.5. The Hall–Kier alpha value is -0.810. The van der Waals surface area contributed by atoms with E-state index in [0.29, 0.717) is 12.1 Å². The summed E-state index contributed by atoms with van der Waals surface area (Å²) in [7, 11) is 3.99. The Bertz CT molecular complexity index is 287. The fraction of sp³-hybridized carbons (Fsp3) is 0.941. The minimum absolute atomic E-state index is 0.449. The summed E-state index contributed by atoms with van der Waals surface area (Å²) >= 11 is 0. The monoisotopic (exact) mass is 313 g/mol. The van der Waals surface area contributed by atoms with Crippen molar-refractivity contribution in [3.8, 4) is 0 Å². The van der Waals surface area contributed by atoms with Crippen molar-refractivity contribution >= 4 is 5.96 Å². The number of hydrogen-bond donors (Lipinski definition) is 2. The molecule has 0 aliphatic carbocycles. The van der Waals surface area contributed by atoms with Crippen LogP contribution >= 0.6 is 0 Å². The molecule has 0 rings (SSSR count). The molecule has 5 nitrogen and oxygen atoms in total. The highest BCUT2D eigenvalue weighted by Gasteiger charge is 2.07. The molecule has 2 N–H and O–H groups in total. The first-order chi connectivity index (χ1) is 10.4. The number of aliphatic imine (C=N–C) groups is 1. The molecule has 22 heavy (non-hydrogen) atoms. The Labute approximate surface area is 138 Å². The molecule has 0 bridgehead atoms. The highest BCUT2D eigenvalue weighted by Crippen LogP contribution is 1.99. The average molecular weight is 314 g/mol. The van der Waals surface area contributed by atoms with E-state index in [-0.39, 0.29) is 0 Å². The smallest absolute Gasteiger partial charge is 0.191 e. The molecule has 0 heterocycles. The molecule has 0 saturated heterocycles. The molecule has 0 fully saturated rings. The number of hydrogen-bond acceptors (Lipinski definition) is 3. The predicted octanol–water partition coefficient (Wildman–Crippen LogP) is 2.00. The van der Waals surface area contributed by atoms with Crippen LogP contribution in [-0.2, 0) is 0 Å². The Morgan fingerprint density at radius 1 is 1.09 bits per heavy atom. The normalized spacial score (nSPS) is 14.0. The van der Waals surface area contributed by atoms with Crippen LogP contribution in [0, 0.1) is 0 Å². The fourth-order valence-electron chi connectivity index (χ4n) is 2.27. The molecule has 0 aliphatic heterocycles. The highest BCUT2D eigenvalue weighted by atomic mass is 15.2. The third kappa shape index (κ3) is 10.0. The van der Waals surface area contributed by atoms with Crippen molar-refractivity contribution in [1.29, 1.82) is 0 Å². The third-order valence-corrected chi connectivity index (χ3v) is 4.25. The van der Waals surface area contributed by atoms with Crippen molar-refractivity contribution in [3.63, 3.8) is 0 Å². The lowest BCUT2D eigenvalue weighted by Crippen LogP contribution is -2.45. The van der Waals surface area contributed by atoms with Gasteiger partial charge in [0, 0.05) is 32.2 Å². The van der Waals surface area contributed by atoms with Crippen molar-refractivity contribution < 1.29 is 0 Å². The maximum absolute atomic E-state index is 4.31. The van der Waals surface area contributed by atoms with Crippen LogP contribution in [0.5, 0.6) is 0 Å². The SMILES string of the molecule is CCN(CC)CCCC(C)NC(=NC)NCCN(C)C(C)C. The summed E-state index contributed by atoms with van der Waals surface area (Å²) < 4.78 is 0. The van der Waals surface area contributed by atoms with Gasteiger partial charge in [-0.2, -0.15) is 0 Å². The summed E-state index contributed by atoms with van der Waals surface area (Å²) in [5.41, 5.74) is 0. The van der Waals surface area contributed by atoms with Crippen LogP contribution in [0.2, 0.25) is 0 Å². The van der Waals surface area contributed by atoms with Gasteiger partial charge in [-0.1, -0.05) is 13.8 Å². The van der Waals surface area contributed by atoms with Crippen molar-refractivity contribution in [3.05, 3.63) is 0 Å². The van der Waals surface area contributed by atoms with Crippen LogP contribution in [0.15, 0.2) is 4.99 Å². The van der Waals surface area contributed by atoms with Gasteiger partial charge in [-0.15, -0.1) is 0 Å². The zero-order chi connectivity index (χ0) is 17.0. The average Bonchev–Trinajstić information content (AvgIpc) is 2.50. The van der Waals surface area contributed by atoms with Crippen LogP contribution < -0.4 is 10.6 Å². The molecule has 0 radical (unpaired) electrons. The van der Waals surface area contributed by atoms with Gasteiger partial charge < -0.3 is 20.4 Å². The topological polar surface area (TPSA) is 42.9 Å². The summed E-state index contributed by atoms with van der Waals surface area (Å²) in [5, 5.41) is 6.88. The predicted molar refractivity (Wildman–Crippen MR) is 98.7 cm³/mol. The molecular formula is C17H39N5. The van der Waals surface area contributed by atoms with E-state index >= 15 is 0 Å². The molecule has 5 heteroatoms. The van der Waals surface area contributed by atoms with Gasteiger partial charge in [0.25, 0.3) is 0 Å². The van der Waals surface area contributed by atoms with E-state index in [4.69, 9.17) is 0 Å². The second-order valence-electron chi connectivity index (χ2n) is 6.29. The van der Waals surface area contributed by atoms with Gasteiger partial charge in [-0.05, 0) is 60.3 Å². The van der Waals surface area contributed by atoms with E-state index in [1.807, 2.05) is 7.05 Å². The first-order valence-electron chi connectivity index (χ1n) is 8.84. The summed E-state index contributed by atoms with van der Waals surface area (Å²) in [4.78, 5) is 9.11. The van der Waals surface area contributed by atoms with Crippen molar-refractivity contribution in [2.24, 2.45) is 4.99 Å². The van der Waals surface area contributed by atoms with Crippen molar-refractivity contribution in [2.45, 2.75) is 59.5 Å². The van der Waals surface area contributed by atoms with Gasteiger partial charge in [0.15, 0.2) is 5.96 Å². The zero-order valence-electron chi connectivity index (χ0n) is 15.9. The van der Waals surface area contributed by atoms with Gasteiger partial charge in [0.2, 0.25) is 0 Å². The summed E-state index contributed by atoms with van der Waals surface area (Å²) in [6, 6.07) is 1.03. The molecule has 1 unspecified atom stereocenters. The highest BCUT2D eigenvalue weighted by molar-refractivity contribution is 5.79. The maximum atomic E-state index is 4.31. The van der Waals surface area contributed by atoms with E-state index in [1.54, 1.807) is 0 Å². The molecule has 0 aliphatic rings. The van der Waals surface area contributed by atoms with E-state index in [1.165, 1.54) is 19.4 Å². The van der Waals surface area contributed by atoms with Gasteiger partial charge in [-0.25, -0.2) is 0 Å². The van der Waals surface area contributed by atoms with Gasteiger partial charge in [0.1, 0.15) is 0 Å². The fourth-order valence-corrected chi connectivity index (χ4v) is 2.27. The Kier molecular flexibility index (Phi) is 12.2. The Morgan fingerprint density at radius 2 is 1.73 bits per heavy atom. The molecular weight excluding hydrogens is 274 g/mol. The third-order valence-electron chi connectivity index (χ3n) is 4.25. The Morgan fingerprint density at radius 3 is 2.23 bits per heavy atom. The minimum Gasteiger partial charge on any atom is -0.355 e. The molecule has 0 aromatic heterocycles. The second kappa shape index (κ2) is 12.7. The van der Waals surface area contributed by atoms with E-state index in [9.17, 15) is 0 Å². The second-order valence-corrected chi connectivity index (χ2v) is 6.29. The molecule has 132 valence electrons. The number of nitrogens with zero attached hydrogens (tertiary/aromatic N) is 3. The quantitative estimate of drug-likeness (QED) is 0.452. The first kappa shape index (κ1) is 21.2. The van der Waals surface area contributed by atoms with Crippen LogP contribution in [0.1, 0.15) is 47.5 Å². The molecule has 0 amide bonds. The summed E-state index contributed by atoms with van der Waals surface area (Å²) in [6.07, 6.45) is 2.39. The van der Waals surface area contributed by atoms with E-state index in [0.717, 1.165) is 32.1 Å². The number of likely N-dealkylation sites (N-methyl/N-ethyl adjacent to an activating group) is 1. The minimum atomic E-state index is 0.449. The van der Waals surface area contributed by atoms with E-state index < -0.39 is 0 Å². The lowest BCUT2D eigenvalue weighted by atomic mass is 10.2. The molecule has 0 saturated carbocycles. The zero-order valence-corrected chi connectivity index (χ0v) is 15.9. The Balaban J connectivity index is 3.92. The number of nitrogens with one attached hydrogen (secondary N) is 2. The van der Waals surface area contributed by atoms with E-state index in [2.05, 4.69) is 67.1 Å². The van der Waals surface area contributed by atoms with Gasteiger partial charge >= 0.3 is 0 Å².